The molecule has 1 aliphatic rings. The summed E-state index contributed by atoms with van der Waals surface area (Å²) in [7, 11) is 0. The van der Waals surface area contributed by atoms with Gasteiger partial charge < -0.3 is 0 Å². The summed E-state index contributed by atoms with van der Waals surface area (Å²) in [5, 5.41) is 30.3. The van der Waals surface area contributed by atoms with Crippen LogP contribution in [0.4, 0.5) is 0 Å². The van der Waals surface area contributed by atoms with Crippen LogP contribution in [0.15, 0.2) is 89.5 Å². The molecule has 4 rings (SSSR count). The zero-order chi connectivity index (χ0) is 23.5. The molecule has 33 heavy (non-hydrogen) atoms. The van der Waals surface area contributed by atoms with Crippen molar-refractivity contribution in [2.24, 2.45) is 0 Å². The molecule has 1 saturated carbocycles. The fourth-order valence-corrected chi connectivity index (χ4v) is 3.89. The topological polar surface area (TPSA) is 71.4 Å². The van der Waals surface area contributed by atoms with Gasteiger partial charge in [-0.1, -0.05) is 89.5 Å². The zero-order valence-corrected chi connectivity index (χ0v) is 18.8. The van der Waals surface area contributed by atoms with Crippen LogP contribution in [0.3, 0.4) is 0 Å². The third-order valence-electron chi connectivity index (χ3n) is 5.79. The van der Waals surface area contributed by atoms with Gasteiger partial charge in [-0.05, 0) is 37.5 Å². The van der Waals surface area contributed by atoms with Gasteiger partial charge in [0.25, 0.3) is 0 Å². The van der Waals surface area contributed by atoms with E-state index in [0.717, 1.165) is 33.4 Å². The number of hydrogen-bond acceptors (Lipinski definition) is 3. The normalized spacial score (nSPS) is 11.8. The molecular formula is C30H21N3. The smallest absolute Gasteiger partial charge is 0.100 e. The Kier molecular flexibility index (Phi) is 5.78. The van der Waals surface area contributed by atoms with Crippen LogP contribution in [-0.2, 0) is 0 Å². The van der Waals surface area contributed by atoms with E-state index in [4.69, 9.17) is 0 Å². The molecule has 0 heterocycles. The molecule has 0 saturated heterocycles. The predicted molar refractivity (Wildman–Crippen MR) is 131 cm³/mol. The van der Waals surface area contributed by atoms with Crippen LogP contribution in [0.1, 0.15) is 33.4 Å². The second-order valence-electron chi connectivity index (χ2n) is 8.18. The molecule has 0 aromatic heterocycles. The first-order valence-electron chi connectivity index (χ1n) is 10.6. The van der Waals surface area contributed by atoms with Crippen LogP contribution in [0.25, 0.3) is 16.7 Å². The predicted octanol–water partition coefficient (Wildman–Crippen LogP) is 6.86. The summed E-state index contributed by atoms with van der Waals surface area (Å²) in [6, 6.07) is 30.2. The molecule has 3 aromatic carbocycles. The Morgan fingerprint density at radius 3 is 0.818 bits per heavy atom. The van der Waals surface area contributed by atoms with E-state index in [1.54, 1.807) is 0 Å². The SMILES string of the molecule is Cc1ccc(C(C#N)=C2C(=C(C#N)c3ccc(C)cc3)C2=C(C#N)c2ccc(C)cc2)cc1. The molecule has 0 radical (unpaired) electrons. The maximum Gasteiger partial charge on any atom is 0.100 e. The van der Waals surface area contributed by atoms with Crippen molar-refractivity contribution >= 4 is 16.7 Å². The Bertz CT molecular complexity index is 1260. The van der Waals surface area contributed by atoms with Gasteiger partial charge in [0, 0.05) is 16.7 Å². The Morgan fingerprint density at radius 2 is 0.636 bits per heavy atom. The number of allylic oxidation sites excluding steroid dienone is 6. The van der Waals surface area contributed by atoms with E-state index in [9.17, 15) is 15.8 Å². The number of nitrogens with zero attached hydrogens (tertiary/aromatic N) is 3. The van der Waals surface area contributed by atoms with E-state index in [1.807, 2.05) is 93.6 Å². The van der Waals surface area contributed by atoms with Crippen LogP contribution < -0.4 is 0 Å². The molecule has 3 heteroatoms. The van der Waals surface area contributed by atoms with Crippen molar-refractivity contribution in [3.05, 3.63) is 123 Å². The first-order chi connectivity index (χ1) is 16.0. The minimum Gasteiger partial charge on any atom is -0.192 e. The summed E-state index contributed by atoms with van der Waals surface area (Å²) in [4.78, 5) is 0. The van der Waals surface area contributed by atoms with Crippen LogP contribution >= 0.6 is 0 Å². The highest BCUT2D eigenvalue weighted by atomic mass is 14.4. The van der Waals surface area contributed by atoms with E-state index < -0.39 is 0 Å². The van der Waals surface area contributed by atoms with E-state index >= 15 is 0 Å². The van der Waals surface area contributed by atoms with Crippen LogP contribution in [0.5, 0.6) is 0 Å². The molecule has 3 nitrogen and oxygen atoms in total. The molecule has 3 aromatic rings. The lowest BCUT2D eigenvalue weighted by Gasteiger charge is -2.00. The van der Waals surface area contributed by atoms with Crippen LogP contribution in [0, 0.1) is 54.8 Å². The number of benzene rings is 3. The molecule has 0 aliphatic heterocycles. The Morgan fingerprint density at radius 1 is 0.424 bits per heavy atom. The maximum absolute atomic E-state index is 10.1. The van der Waals surface area contributed by atoms with Gasteiger partial charge in [-0.2, -0.15) is 15.8 Å². The molecule has 0 spiro atoms. The lowest BCUT2D eigenvalue weighted by molar-refractivity contribution is 1.44. The molecule has 1 aliphatic carbocycles. The first-order valence-corrected chi connectivity index (χ1v) is 10.6. The number of rotatable bonds is 3. The fourth-order valence-electron chi connectivity index (χ4n) is 3.89. The van der Waals surface area contributed by atoms with Crippen molar-refractivity contribution in [3.8, 4) is 18.2 Å². The minimum atomic E-state index is 0.472. The monoisotopic (exact) mass is 423 g/mol. The number of aryl methyl sites for hydroxylation is 3. The van der Waals surface area contributed by atoms with Gasteiger partial charge in [-0.15, -0.1) is 0 Å². The number of nitriles is 3. The molecule has 0 N–H and O–H groups in total. The largest absolute Gasteiger partial charge is 0.192 e. The van der Waals surface area contributed by atoms with Gasteiger partial charge in [0.1, 0.15) is 18.2 Å². The average Bonchev–Trinajstić information content (AvgIpc) is 3.53. The Hall–Kier alpha value is -4.65. The lowest BCUT2D eigenvalue weighted by atomic mass is 10.0. The van der Waals surface area contributed by atoms with Crippen molar-refractivity contribution < 1.29 is 0 Å². The Balaban J connectivity index is 2.06. The van der Waals surface area contributed by atoms with Gasteiger partial charge in [-0.3, -0.25) is 0 Å². The van der Waals surface area contributed by atoms with Crippen molar-refractivity contribution in [2.75, 3.05) is 0 Å². The average molecular weight is 424 g/mol. The molecule has 0 bridgehead atoms. The van der Waals surface area contributed by atoms with Crippen LogP contribution in [-0.4, -0.2) is 0 Å². The van der Waals surface area contributed by atoms with E-state index in [2.05, 4.69) is 18.2 Å². The standard InChI is InChI=1S/C30H21N3/c1-19-4-10-22(11-5-19)25(16-31)28-29(26(17-32)23-12-6-20(2)7-13-23)30(28)27(18-33)24-14-8-21(3)9-15-24/h4-15H,1-3H3. The summed E-state index contributed by atoms with van der Waals surface area (Å²) in [6.45, 7) is 5.98. The summed E-state index contributed by atoms with van der Waals surface area (Å²) in [6.07, 6.45) is 0. The van der Waals surface area contributed by atoms with Crippen LogP contribution in [0.2, 0.25) is 0 Å². The summed E-state index contributed by atoms with van der Waals surface area (Å²) < 4.78 is 0. The van der Waals surface area contributed by atoms with E-state index in [1.165, 1.54) is 0 Å². The third-order valence-corrected chi connectivity index (χ3v) is 5.79. The van der Waals surface area contributed by atoms with Gasteiger partial charge in [-0.25, -0.2) is 0 Å². The van der Waals surface area contributed by atoms with E-state index in [-0.39, 0.29) is 0 Å². The first kappa shape index (κ1) is 21.6. The number of hydrogen-bond donors (Lipinski definition) is 0. The maximum atomic E-state index is 10.1. The molecular weight excluding hydrogens is 402 g/mol. The molecule has 0 amide bonds. The fraction of sp³-hybridized carbons (Fsp3) is 0.100. The molecule has 156 valence electrons. The highest BCUT2D eigenvalue weighted by Crippen LogP contribution is 2.55. The van der Waals surface area contributed by atoms with Gasteiger partial charge in [0.2, 0.25) is 0 Å². The third kappa shape index (κ3) is 4.12. The van der Waals surface area contributed by atoms with Crippen molar-refractivity contribution in [1.29, 1.82) is 15.8 Å². The Labute approximate surface area is 194 Å². The minimum absolute atomic E-state index is 0.472. The molecule has 0 unspecified atom stereocenters. The molecule has 0 atom stereocenters. The highest BCUT2D eigenvalue weighted by Gasteiger charge is 2.41. The van der Waals surface area contributed by atoms with Gasteiger partial charge in [0.15, 0.2) is 0 Å². The lowest BCUT2D eigenvalue weighted by Crippen LogP contribution is -1.84. The zero-order valence-electron chi connectivity index (χ0n) is 18.8. The van der Waals surface area contributed by atoms with Crippen molar-refractivity contribution in [3.63, 3.8) is 0 Å². The van der Waals surface area contributed by atoms with Crippen molar-refractivity contribution in [1.82, 2.24) is 0 Å². The van der Waals surface area contributed by atoms with E-state index in [0.29, 0.717) is 33.4 Å². The quantitative estimate of drug-likeness (QED) is 0.432. The summed E-state index contributed by atoms with van der Waals surface area (Å²) >= 11 is 0. The second-order valence-corrected chi connectivity index (χ2v) is 8.18. The van der Waals surface area contributed by atoms with Crippen molar-refractivity contribution in [2.45, 2.75) is 20.8 Å². The van der Waals surface area contributed by atoms with Gasteiger partial charge in [0.05, 0.1) is 16.7 Å². The highest BCUT2D eigenvalue weighted by molar-refractivity contribution is 6.12. The summed E-state index contributed by atoms with van der Waals surface area (Å²) in [5.74, 6) is 0. The molecule has 1 fully saturated rings. The summed E-state index contributed by atoms with van der Waals surface area (Å²) in [5.41, 5.74) is 9.05. The second kappa shape index (κ2) is 8.84. The van der Waals surface area contributed by atoms with Gasteiger partial charge >= 0.3 is 0 Å².